The first-order chi connectivity index (χ1) is 7.86. The number of carboxylic acid groups (broad SMARTS) is 2. The summed E-state index contributed by atoms with van der Waals surface area (Å²) in [4.78, 5) is 21.7. The number of carboxylic acids is 2. The van der Waals surface area contributed by atoms with Gasteiger partial charge >= 0.3 is 11.9 Å². The predicted molar refractivity (Wildman–Crippen MR) is 59.9 cm³/mol. The Morgan fingerprint density at radius 2 is 2.06 bits per heavy atom. The molecule has 0 aliphatic carbocycles. The van der Waals surface area contributed by atoms with Crippen LogP contribution >= 0.6 is 0 Å². The molecule has 1 unspecified atom stereocenters. The quantitative estimate of drug-likeness (QED) is 0.795. The lowest BCUT2D eigenvalue weighted by Crippen LogP contribution is -2.32. The Morgan fingerprint density at radius 1 is 1.41 bits per heavy atom. The minimum atomic E-state index is -1.16. The number of aliphatic carboxylic acids is 2. The molecule has 0 aliphatic heterocycles. The van der Waals surface area contributed by atoms with E-state index in [1.54, 1.807) is 13.0 Å². The molecule has 2 N–H and O–H groups in total. The fourth-order valence-electron chi connectivity index (χ4n) is 1.65. The molecule has 5 heteroatoms. The maximum absolute atomic E-state index is 11.3. The molecule has 0 aliphatic rings. The first-order valence-electron chi connectivity index (χ1n) is 5.37. The lowest BCUT2D eigenvalue weighted by Gasteiger charge is -2.21. The molecule has 0 amide bonds. The van der Waals surface area contributed by atoms with Crippen LogP contribution in [0.1, 0.15) is 37.5 Å². The number of hydrogen-bond acceptors (Lipinski definition) is 3. The molecular formula is C12H16O5. The molecule has 0 bridgehead atoms. The molecule has 1 rings (SSSR count). The molecule has 0 radical (unpaired) electrons. The van der Waals surface area contributed by atoms with Gasteiger partial charge in [0.25, 0.3) is 0 Å². The Balaban J connectivity index is 2.83. The van der Waals surface area contributed by atoms with Crippen molar-refractivity contribution in [3.63, 3.8) is 0 Å². The topological polar surface area (TPSA) is 87.7 Å². The molecule has 1 heterocycles. The summed E-state index contributed by atoms with van der Waals surface area (Å²) >= 11 is 0. The molecule has 94 valence electrons. The van der Waals surface area contributed by atoms with E-state index in [1.165, 1.54) is 6.26 Å². The molecule has 0 saturated heterocycles. The normalized spacial score (nSPS) is 14.2. The molecule has 5 nitrogen and oxygen atoms in total. The van der Waals surface area contributed by atoms with E-state index in [0.717, 1.165) is 5.56 Å². The van der Waals surface area contributed by atoms with E-state index in [2.05, 4.69) is 0 Å². The molecule has 0 saturated carbocycles. The van der Waals surface area contributed by atoms with Crippen molar-refractivity contribution in [1.82, 2.24) is 0 Å². The van der Waals surface area contributed by atoms with Gasteiger partial charge in [-0.05, 0) is 38.3 Å². The Morgan fingerprint density at radius 3 is 2.47 bits per heavy atom. The fourth-order valence-corrected chi connectivity index (χ4v) is 1.65. The van der Waals surface area contributed by atoms with Gasteiger partial charge in [0.15, 0.2) is 0 Å². The van der Waals surface area contributed by atoms with Crippen LogP contribution in [0.15, 0.2) is 16.7 Å². The highest BCUT2D eigenvalue weighted by Gasteiger charge is 2.37. The van der Waals surface area contributed by atoms with Crippen molar-refractivity contribution in [3.05, 3.63) is 23.7 Å². The zero-order valence-electron chi connectivity index (χ0n) is 9.90. The zero-order chi connectivity index (χ0) is 13.1. The van der Waals surface area contributed by atoms with Crippen LogP contribution in [-0.4, -0.2) is 22.2 Å². The van der Waals surface area contributed by atoms with Crippen LogP contribution in [-0.2, 0) is 15.0 Å². The van der Waals surface area contributed by atoms with Gasteiger partial charge in [-0.15, -0.1) is 0 Å². The zero-order valence-corrected chi connectivity index (χ0v) is 9.90. The highest BCUT2D eigenvalue weighted by Crippen LogP contribution is 2.31. The average Bonchev–Trinajstić information content (AvgIpc) is 2.64. The van der Waals surface area contributed by atoms with Crippen LogP contribution in [0.25, 0.3) is 0 Å². The summed E-state index contributed by atoms with van der Waals surface area (Å²) < 4.78 is 5.22. The summed E-state index contributed by atoms with van der Waals surface area (Å²) in [6.07, 6.45) is 2.00. The smallest absolute Gasteiger partial charge is 0.317 e. The second kappa shape index (κ2) is 5.03. The number of rotatable bonds is 6. The third-order valence-corrected chi connectivity index (χ3v) is 2.81. The predicted octanol–water partition coefficient (Wildman–Crippen LogP) is 2.19. The lowest BCUT2D eigenvalue weighted by atomic mass is 9.82. The Kier molecular flexibility index (Phi) is 3.93. The third kappa shape index (κ3) is 3.09. The van der Waals surface area contributed by atoms with Crippen LogP contribution in [0.3, 0.4) is 0 Å². The summed E-state index contributed by atoms with van der Waals surface area (Å²) in [7, 11) is 0. The molecule has 1 atom stereocenters. The van der Waals surface area contributed by atoms with Gasteiger partial charge in [-0.1, -0.05) is 0 Å². The van der Waals surface area contributed by atoms with E-state index < -0.39 is 17.4 Å². The van der Waals surface area contributed by atoms with Crippen molar-refractivity contribution in [2.45, 2.75) is 38.5 Å². The van der Waals surface area contributed by atoms with Crippen LogP contribution in [0, 0.1) is 6.92 Å². The molecular weight excluding hydrogens is 224 g/mol. The van der Waals surface area contributed by atoms with Gasteiger partial charge in [-0.2, -0.15) is 0 Å². The first kappa shape index (κ1) is 13.3. The van der Waals surface area contributed by atoms with Crippen molar-refractivity contribution >= 4 is 11.9 Å². The maximum atomic E-state index is 11.3. The van der Waals surface area contributed by atoms with Gasteiger partial charge in [-0.3, -0.25) is 9.59 Å². The van der Waals surface area contributed by atoms with Crippen LogP contribution in [0.4, 0.5) is 0 Å². The molecule has 17 heavy (non-hydrogen) atoms. The third-order valence-electron chi connectivity index (χ3n) is 2.81. The Hall–Kier alpha value is -1.78. The number of furan rings is 1. The van der Waals surface area contributed by atoms with E-state index in [0.29, 0.717) is 12.2 Å². The van der Waals surface area contributed by atoms with E-state index in [9.17, 15) is 14.7 Å². The van der Waals surface area contributed by atoms with E-state index >= 15 is 0 Å². The first-order valence-corrected chi connectivity index (χ1v) is 5.37. The van der Waals surface area contributed by atoms with E-state index in [-0.39, 0.29) is 12.8 Å². The van der Waals surface area contributed by atoms with E-state index in [1.807, 2.05) is 6.92 Å². The number of hydrogen-bond donors (Lipinski definition) is 2. The van der Waals surface area contributed by atoms with E-state index in [4.69, 9.17) is 9.52 Å². The van der Waals surface area contributed by atoms with Gasteiger partial charge in [0.2, 0.25) is 0 Å². The second-order valence-corrected chi connectivity index (χ2v) is 4.37. The fraction of sp³-hybridized carbons (Fsp3) is 0.500. The summed E-state index contributed by atoms with van der Waals surface area (Å²) in [5, 5.41) is 17.8. The summed E-state index contributed by atoms with van der Waals surface area (Å²) in [5.41, 5.74) is -0.310. The van der Waals surface area contributed by atoms with Gasteiger partial charge in [0.05, 0.1) is 6.26 Å². The SMILES string of the molecule is Cc1coc(C(C)(CCCC(=O)O)C(=O)O)c1. The number of carbonyl (C=O) groups is 2. The molecule has 0 spiro atoms. The largest absolute Gasteiger partial charge is 0.481 e. The lowest BCUT2D eigenvalue weighted by molar-refractivity contribution is -0.145. The molecule has 1 aromatic rings. The highest BCUT2D eigenvalue weighted by atomic mass is 16.4. The van der Waals surface area contributed by atoms with Gasteiger partial charge < -0.3 is 14.6 Å². The van der Waals surface area contributed by atoms with Crippen LogP contribution in [0.5, 0.6) is 0 Å². The molecule has 0 aromatic carbocycles. The van der Waals surface area contributed by atoms with Crippen molar-refractivity contribution in [2.24, 2.45) is 0 Å². The van der Waals surface area contributed by atoms with Crippen molar-refractivity contribution in [2.75, 3.05) is 0 Å². The van der Waals surface area contributed by atoms with Crippen LogP contribution in [0.2, 0.25) is 0 Å². The van der Waals surface area contributed by atoms with Crippen molar-refractivity contribution in [3.8, 4) is 0 Å². The highest BCUT2D eigenvalue weighted by molar-refractivity contribution is 5.80. The van der Waals surface area contributed by atoms with Crippen molar-refractivity contribution < 1.29 is 24.2 Å². The second-order valence-electron chi connectivity index (χ2n) is 4.37. The molecule has 0 fully saturated rings. The Bertz CT molecular complexity index is 420. The van der Waals surface area contributed by atoms with Gasteiger partial charge in [-0.25, -0.2) is 0 Å². The summed E-state index contributed by atoms with van der Waals surface area (Å²) in [5.74, 6) is -1.56. The number of aryl methyl sites for hydroxylation is 1. The summed E-state index contributed by atoms with van der Waals surface area (Å²) in [6.45, 7) is 3.36. The average molecular weight is 240 g/mol. The minimum Gasteiger partial charge on any atom is -0.481 e. The maximum Gasteiger partial charge on any atom is 0.317 e. The summed E-state index contributed by atoms with van der Waals surface area (Å²) in [6, 6.07) is 1.68. The van der Waals surface area contributed by atoms with Crippen LogP contribution < -0.4 is 0 Å². The Labute approximate surface area is 99.1 Å². The minimum absolute atomic E-state index is 0.0391. The van der Waals surface area contributed by atoms with Crippen molar-refractivity contribution in [1.29, 1.82) is 0 Å². The van der Waals surface area contributed by atoms with Gasteiger partial charge in [0.1, 0.15) is 11.2 Å². The standard InChI is InChI=1S/C12H16O5/c1-8-6-9(17-7-8)12(2,11(15)16)5-3-4-10(13)14/h6-7H,3-5H2,1-2H3,(H,13,14)(H,15,16). The molecule has 1 aromatic heterocycles. The monoisotopic (exact) mass is 240 g/mol. The van der Waals surface area contributed by atoms with Gasteiger partial charge in [0, 0.05) is 6.42 Å².